The van der Waals surface area contributed by atoms with E-state index in [4.69, 9.17) is 108 Å². The first-order chi connectivity index (χ1) is 51.3. The predicted molar refractivity (Wildman–Crippen MR) is 439 cm³/mol. The number of methoxy groups -OCH3 is 1. The number of hydrogen-bond acceptors (Lipinski definition) is 16. The van der Waals surface area contributed by atoms with Crippen LogP contribution < -0.4 is 118 Å². The maximum atomic E-state index is 12.7. The number of carboxylic acid groups (broad SMARTS) is 1. The Labute approximate surface area is 778 Å². The van der Waals surface area contributed by atoms with Crippen molar-refractivity contribution in [3.63, 3.8) is 0 Å². The Morgan fingerprint density at radius 3 is 1.21 bits per heavy atom. The van der Waals surface area contributed by atoms with Gasteiger partial charge in [-0.15, -0.1) is 0 Å². The predicted octanol–water partition coefficient (Wildman–Crippen LogP) is 15.7. The summed E-state index contributed by atoms with van der Waals surface area (Å²) in [5, 5.41) is 45.1. The molecule has 1 fully saturated rings. The van der Waals surface area contributed by atoms with Crippen LogP contribution in [0.5, 0.6) is 17.2 Å². The van der Waals surface area contributed by atoms with Gasteiger partial charge in [-0.25, -0.2) is 23.6 Å². The van der Waals surface area contributed by atoms with Crippen LogP contribution in [0.2, 0.25) is 30.1 Å². The van der Waals surface area contributed by atoms with Crippen LogP contribution >= 0.6 is 85.5 Å². The number of aromatic nitrogens is 6. The summed E-state index contributed by atoms with van der Waals surface area (Å²) in [7, 11) is 1.68. The van der Waals surface area contributed by atoms with Crippen molar-refractivity contribution >= 4 is 110 Å². The van der Waals surface area contributed by atoms with Crippen molar-refractivity contribution in [3.8, 4) is 68.1 Å². The molecule has 0 saturated carbocycles. The van der Waals surface area contributed by atoms with Gasteiger partial charge in [-0.05, 0) is 171 Å². The average molecular weight is 1760 g/mol. The number of carbonyl (C=O) groups excluding carboxylic acids is 3. The van der Waals surface area contributed by atoms with Crippen molar-refractivity contribution < 1.29 is 172 Å². The quantitative estimate of drug-likeness (QED) is 0.0180. The number of esters is 2. The van der Waals surface area contributed by atoms with Gasteiger partial charge in [-0.3, -0.25) is 9.59 Å². The second-order valence-electron chi connectivity index (χ2n) is 22.1. The van der Waals surface area contributed by atoms with Gasteiger partial charge in [0.2, 0.25) is 12.2 Å². The number of nitrogens with zero attached hydrogens (tertiary/aromatic N) is 6. The number of halogens is 7. The van der Waals surface area contributed by atoms with E-state index in [-0.39, 0.29) is 165 Å². The van der Waals surface area contributed by atoms with Crippen molar-refractivity contribution in [2.45, 2.75) is 79.7 Å². The zero-order chi connectivity index (χ0) is 75.9. The van der Waals surface area contributed by atoms with Gasteiger partial charge >= 0.3 is 121 Å². The van der Waals surface area contributed by atoms with E-state index in [0.29, 0.717) is 93.1 Å². The number of aliphatic carboxylic acids is 1. The van der Waals surface area contributed by atoms with Gasteiger partial charge < -0.3 is 50.2 Å². The number of carboxylic acids is 1. The summed E-state index contributed by atoms with van der Waals surface area (Å²) in [4.78, 5) is 46.8. The molecule has 3 aromatic heterocycles. The van der Waals surface area contributed by atoms with Crippen LogP contribution in [-0.2, 0) is 43.0 Å². The second kappa shape index (κ2) is 53.4. The third kappa shape index (κ3) is 31.5. The molecule has 13 rings (SSSR count). The number of aromatic hydroxyl groups is 1. The summed E-state index contributed by atoms with van der Waals surface area (Å²) in [6.07, 6.45) is 5.67. The van der Waals surface area contributed by atoms with E-state index in [1.54, 1.807) is 162 Å². The van der Waals surface area contributed by atoms with E-state index in [1.807, 2.05) is 128 Å². The molecule has 12 aromatic rings. The molecule has 9 aromatic carbocycles. The normalized spacial score (nSPS) is 12.0. The van der Waals surface area contributed by atoms with E-state index in [0.717, 1.165) is 42.1 Å². The number of alkyl halides is 1. The Kier molecular flexibility index (Phi) is 48.3. The van der Waals surface area contributed by atoms with Gasteiger partial charge in [-0.2, -0.15) is 15.3 Å². The van der Waals surface area contributed by atoms with E-state index in [1.165, 1.54) is 0 Å². The molecule has 0 amide bonds. The molecule has 4 unspecified atom stereocenters. The monoisotopic (exact) mass is 1760 g/mol. The van der Waals surface area contributed by atoms with Gasteiger partial charge in [0.15, 0.2) is 6.29 Å². The van der Waals surface area contributed by atoms with Gasteiger partial charge in [0.05, 0.1) is 47.4 Å². The van der Waals surface area contributed by atoms with E-state index in [9.17, 15) is 24.6 Å². The van der Waals surface area contributed by atoms with E-state index < -0.39 is 29.0 Å². The molecule has 29 heteroatoms. The van der Waals surface area contributed by atoms with E-state index in [2.05, 4.69) is 36.1 Å². The smallest absolute Gasteiger partial charge is 1.00 e. The summed E-state index contributed by atoms with van der Waals surface area (Å²) in [6.45, 7) is 4.84. The third-order valence-electron chi connectivity index (χ3n) is 14.9. The Morgan fingerprint density at radius 1 is 0.518 bits per heavy atom. The summed E-state index contributed by atoms with van der Waals surface area (Å²) >= 11 is 39.3. The first-order valence-corrected chi connectivity index (χ1v) is 35.6. The van der Waals surface area contributed by atoms with Crippen LogP contribution in [0.15, 0.2) is 255 Å². The minimum atomic E-state index is -1.21. The number of hydrogen-bond donors (Lipinski definition) is 2. The third-order valence-corrected chi connectivity index (χ3v) is 17.3. The number of rotatable bonds is 20. The average Bonchev–Trinajstić information content (AvgIpc) is 1.78. The topological polar surface area (TPSA) is 250 Å². The summed E-state index contributed by atoms with van der Waals surface area (Å²) in [5.41, 5.74) is 8.57. The first kappa shape index (κ1) is 101. The molecule has 112 heavy (non-hydrogen) atoms. The fourth-order valence-corrected chi connectivity index (χ4v) is 11.2. The SMILES string of the molecule is C.C.C.C.CCOC(=O)C(Br)c1ccc(Cl)cc1.CCOC(=O)C(Oc1ccc(Cl)cc1-c1ccn(-c2ccccc2)n1)c1ccc(Cl)cc1.COC1CCCO1.O=C(O)C(Oc1ccc(Cl)cc1-c1ccn(-c2ccccc2)n1)c1ccc(Cl)cc1.O=CO[O-].Oc1ccc(Cl)cc1-c1ccn(-c2ccccc2)n1.[H-].[K+].[K+]. The van der Waals surface area contributed by atoms with Crippen molar-refractivity contribution in [1.29, 1.82) is 0 Å². The second-order valence-corrected chi connectivity index (χ2v) is 25.6. The van der Waals surface area contributed by atoms with Gasteiger partial charge in [0.1, 0.15) is 22.1 Å². The minimum absolute atomic E-state index is 0. The molecule has 0 aliphatic carbocycles. The Morgan fingerprint density at radius 2 is 0.857 bits per heavy atom. The summed E-state index contributed by atoms with van der Waals surface area (Å²) in [6, 6.07) is 70.3. The number of phenolic OH excluding ortho intramolecular Hbond substituents is 1. The molecule has 0 radical (unpaired) electrons. The van der Waals surface area contributed by atoms with Crippen LogP contribution in [0.3, 0.4) is 0 Å². The minimum Gasteiger partial charge on any atom is -1.00 e. The maximum absolute atomic E-state index is 12.7. The largest absolute Gasteiger partial charge is 1.00 e. The van der Waals surface area contributed by atoms with Gasteiger partial charge in [0.25, 0.3) is 6.47 Å². The fourth-order valence-electron chi connectivity index (χ4n) is 9.88. The molecule has 20 nitrogen and oxygen atoms in total. The number of phenols is 1. The van der Waals surface area contributed by atoms with Crippen molar-refractivity contribution in [3.05, 3.63) is 302 Å². The van der Waals surface area contributed by atoms with Crippen LogP contribution in [-0.4, -0.2) is 97.2 Å². The van der Waals surface area contributed by atoms with Crippen LogP contribution in [0.25, 0.3) is 50.8 Å². The zero-order valence-corrected chi connectivity index (χ0v) is 71.2. The molecular formula is C83H85BrCl6K2N6O14. The fraction of sp³-hybridized carbons (Fsp3) is 0.193. The molecule has 4 atom stereocenters. The number of para-hydroxylation sites is 3. The molecule has 0 bridgehead atoms. The molecule has 4 heterocycles. The summed E-state index contributed by atoms with van der Waals surface area (Å²) in [5.74, 6) is -0.906. The Balaban J connectivity index is 0.000000728. The zero-order valence-electron chi connectivity index (χ0n) is 59.8. The molecule has 1 aliphatic heterocycles. The maximum Gasteiger partial charge on any atom is 1.00 e. The summed E-state index contributed by atoms with van der Waals surface area (Å²) < 4.78 is 37.4. The van der Waals surface area contributed by atoms with Crippen LogP contribution in [0.1, 0.15) is 91.5 Å². The van der Waals surface area contributed by atoms with Crippen molar-refractivity contribution in [2.75, 3.05) is 26.9 Å². The van der Waals surface area contributed by atoms with E-state index >= 15 is 0 Å². The molecular weight excluding hydrogens is 1680 g/mol. The van der Waals surface area contributed by atoms with Crippen LogP contribution in [0.4, 0.5) is 0 Å². The number of benzene rings is 9. The standard InChI is InChI=1S/C25H20Cl2N2O3.C23H16Cl2N2O3.C15H11ClN2O.C10H10BrClO2.C5H10O2.CH2O3.4CH4.2K.H/c1-2-31-25(30)24(17-8-10-18(26)11-9-17)32-23-13-12-19(27)16-21(23)22-14-15-29(28-22)20-6-4-3-5-7-20;24-16-8-6-15(7-9-16)22(23(28)29)30-21-11-10-17(25)14-19(21)20-12-13-27(26-20)18-4-2-1-3-5-18;16-11-6-7-15(19)13(10-11)14-8-9-18(17-14)12-4-2-1-3-5-12;1-2-14-10(13)9(11)7-3-5-8(12)6-4-7;1-6-5-3-2-4-7-5;2-1-4-3;;;;;;;/h3-16,24H,2H2,1H3;1-14,22H,(H,28,29);1-10,19H;3-6,9H,2H2,1H3;5H,2-4H2,1H3;1,3H;4*1H4;;;/q;;;;;;;;;;2*+1;-1/p-1. The molecule has 1 saturated heterocycles. The molecule has 582 valence electrons. The molecule has 1 aliphatic rings. The van der Waals surface area contributed by atoms with Crippen molar-refractivity contribution in [2.24, 2.45) is 0 Å². The first-order valence-electron chi connectivity index (χ1n) is 32.4. The Bertz CT molecular complexity index is 4750. The van der Waals surface area contributed by atoms with Crippen LogP contribution in [0, 0.1) is 0 Å². The molecule has 2 N–H and O–H groups in total. The number of carbonyl (C=O) groups is 4. The molecule has 0 spiro atoms. The number of ether oxygens (including phenoxy) is 6. The van der Waals surface area contributed by atoms with Gasteiger partial charge in [0, 0.05) is 96.7 Å². The van der Waals surface area contributed by atoms with Gasteiger partial charge in [-0.1, -0.05) is 206 Å². The Hall–Kier alpha value is -6.74. The van der Waals surface area contributed by atoms with Crippen molar-refractivity contribution in [1.82, 2.24) is 29.3 Å².